The molecular weight excluding hydrogens is 520 g/mol. The highest BCUT2D eigenvalue weighted by atomic mass is 32.1. The molecule has 4 saturated heterocycles. The van der Waals surface area contributed by atoms with Crippen molar-refractivity contribution in [2.45, 2.75) is 68.5 Å². The van der Waals surface area contributed by atoms with Crippen molar-refractivity contribution in [2.24, 2.45) is 0 Å². The Morgan fingerprint density at radius 2 is 1.43 bits per heavy atom. The lowest BCUT2D eigenvalue weighted by Crippen LogP contribution is -2.67. The molecule has 0 aromatic carbocycles. The number of aryl methyl sites for hydroxylation is 1. The van der Waals surface area contributed by atoms with Crippen molar-refractivity contribution < 1.29 is 0 Å². The van der Waals surface area contributed by atoms with Crippen molar-refractivity contribution in [3.05, 3.63) is 21.6 Å². The molecule has 2 bridgehead atoms. The Balaban J connectivity index is 1.27. The maximum absolute atomic E-state index is 10.6. The van der Waals surface area contributed by atoms with Gasteiger partial charge in [0, 0.05) is 60.6 Å². The molecule has 7 rings (SSSR count). The van der Waals surface area contributed by atoms with Crippen LogP contribution in [0.3, 0.4) is 0 Å². The van der Waals surface area contributed by atoms with E-state index in [2.05, 4.69) is 71.9 Å². The standard InChI is InChI=1S/C29H38N10S/c1-26-8-9-27(2,35-26)13-37(12-26)23-19(11-31)24(34-25(33-23)39-14-28(3,15-39)36(4)5)38-16-29(17-38)7-6-20-21(29)18(10-30)22(32)40-20/h35H,6-9,12-17,32H2,1-5H3. The molecule has 0 saturated carbocycles. The highest BCUT2D eigenvalue weighted by Crippen LogP contribution is 2.53. The van der Waals surface area contributed by atoms with E-state index in [1.807, 2.05) is 0 Å². The van der Waals surface area contributed by atoms with Crippen molar-refractivity contribution in [1.29, 1.82) is 10.5 Å². The number of nitrogen functional groups attached to an aromatic ring is 1. The van der Waals surface area contributed by atoms with Gasteiger partial charge in [0.2, 0.25) is 5.95 Å². The van der Waals surface area contributed by atoms with E-state index in [9.17, 15) is 10.5 Å². The minimum atomic E-state index is -0.0954. The lowest BCUT2D eigenvalue weighted by atomic mass is 9.74. The fourth-order valence-corrected chi connectivity index (χ4v) is 9.13. The van der Waals surface area contributed by atoms with Crippen LogP contribution < -0.4 is 25.8 Å². The number of rotatable bonds is 4. The molecule has 4 fully saturated rings. The molecule has 2 unspecified atom stereocenters. The van der Waals surface area contributed by atoms with Gasteiger partial charge in [-0.2, -0.15) is 20.5 Å². The summed E-state index contributed by atoms with van der Waals surface area (Å²) in [4.78, 5) is 20.5. The Labute approximate surface area is 240 Å². The number of hydrogen-bond donors (Lipinski definition) is 2. The molecule has 10 nitrogen and oxygen atoms in total. The van der Waals surface area contributed by atoms with Gasteiger partial charge in [-0.25, -0.2) is 0 Å². The van der Waals surface area contributed by atoms with Gasteiger partial charge in [0.15, 0.2) is 11.6 Å². The van der Waals surface area contributed by atoms with Gasteiger partial charge in [-0.05, 0) is 66.1 Å². The third-order valence-corrected chi connectivity index (χ3v) is 11.5. The number of fused-ring (bicyclic) bond motifs is 4. The molecule has 2 atom stereocenters. The third kappa shape index (κ3) is 3.57. The average Bonchev–Trinajstić information content (AvgIpc) is 3.45. The number of nitrogens with two attached hydrogens (primary N) is 1. The van der Waals surface area contributed by atoms with Gasteiger partial charge < -0.3 is 30.7 Å². The lowest BCUT2D eigenvalue weighted by Gasteiger charge is -2.53. The Morgan fingerprint density at radius 3 is 1.98 bits per heavy atom. The number of nitriles is 2. The molecule has 11 heteroatoms. The molecule has 0 amide bonds. The molecule has 2 aromatic rings. The van der Waals surface area contributed by atoms with E-state index in [0.717, 1.165) is 82.2 Å². The van der Waals surface area contributed by atoms with Crippen LogP contribution in [-0.4, -0.2) is 84.8 Å². The molecule has 6 heterocycles. The van der Waals surface area contributed by atoms with Crippen LogP contribution in [-0.2, 0) is 11.8 Å². The van der Waals surface area contributed by atoms with Crippen LogP contribution in [0.25, 0.3) is 0 Å². The number of anilines is 4. The molecule has 0 radical (unpaired) electrons. The summed E-state index contributed by atoms with van der Waals surface area (Å²) >= 11 is 1.57. The molecule has 1 aliphatic carbocycles. The van der Waals surface area contributed by atoms with Crippen molar-refractivity contribution >= 4 is 33.9 Å². The van der Waals surface area contributed by atoms with Crippen LogP contribution in [0.1, 0.15) is 61.6 Å². The van der Waals surface area contributed by atoms with Crippen LogP contribution in [0.2, 0.25) is 0 Å². The second-order valence-corrected chi connectivity index (χ2v) is 15.0. The minimum absolute atomic E-state index is 0.00110. The van der Waals surface area contributed by atoms with Crippen LogP contribution in [0.15, 0.2) is 0 Å². The van der Waals surface area contributed by atoms with E-state index in [0.29, 0.717) is 22.1 Å². The van der Waals surface area contributed by atoms with Crippen LogP contribution in [0, 0.1) is 22.7 Å². The van der Waals surface area contributed by atoms with Crippen LogP contribution in [0.4, 0.5) is 22.6 Å². The maximum atomic E-state index is 10.6. The summed E-state index contributed by atoms with van der Waals surface area (Å²) in [5, 5.41) is 24.9. The first kappa shape index (κ1) is 25.8. The Hall–Kier alpha value is -3.12. The Kier molecular flexibility index (Phi) is 5.31. The SMILES string of the molecule is CN(C)C1(C)CN(c2nc(N3CC4(C)CCC(C)(C3)N4)c(C#N)c(N3CC4(CCc5sc(N)c(C#N)c54)C3)n2)C1. The second-order valence-electron chi connectivity index (χ2n) is 13.9. The van der Waals surface area contributed by atoms with Gasteiger partial charge in [-0.3, -0.25) is 0 Å². The number of hydrogen-bond acceptors (Lipinski definition) is 11. The number of nitrogens with zero attached hydrogens (tertiary/aromatic N) is 8. The van der Waals surface area contributed by atoms with Crippen molar-refractivity contribution in [3.63, 3.8) is 0 Å². The summed E-state index contributed by atoms with van der Waals surface area (Å²) in [7, 11) is 4.24. The average molecular weight is 559 g/mol. The summed E-state index contributed by atoms with van der Waals surface area (Å²) < 4.78 is 0. The van der Waals surface area contributed by atoms with E-state index < -0.39 is 0 Å². The summed E-state index contributed by atoms with van der Waals surface area (Å²) in [5.41, 5.74) is 8.56. The molecule has 4 aliphatic heterocycles. The Morgan fingerprint density at radius 1 is 0.850 bits per heavy atom. The molecule has 40 heavy (non-hydrogen) atoms. The van der Waals surface area contributed by atoms with E-state index in [-0.39, 0.29) is 22.0 Å². The number of likely N-dealkylation sites (N-methyl/N-ethyl adjacent to an activating group) is 1. The van der Waals surface area contributed by atoms with E-state index >= 15 is 0 Å². The molecule has 3 N–H and O–H groups in total. The van der Waals surface area contributed by atoms with Gasteiger partial charge in [0.1, 0.15) is 22.7 Å². The highest BCUT2D eigenvalue weighted by Gasteiger charge is 2.53. The third-order valence-electron chi connectivity index (χ3n) is 10.4. The summed E-state index contributed by atoms with van der Waals surface area (Å²) in [6.07, 6.45) is 4.19. The molecule has 210 valence electrons. The number of nitrogens with one attached hydrogen (secondary N) is 1. The first-order valence-corrected chi connectivity index (χ1v) is 15.1. The monoisotopic (exact) mass is 558 g/mol. The highest BCUT2D eigenvalue weighted by molar-refractivity contribution is 7.16. The zero-order valence-corrected chi connectivity index (χ0v) is 25.0. The van der Waals surface area contributed by atoms with Gasteiger partial charge in [-0.1, -0.05) is 0 Å². The predicted molar refractivity (Wildman–Crippen MR) is 158 cm³/mol. The number of piperazine rings is 1. The quantitative estimate of drug-likeness (QED) is 0.578. The van der Waals surface area contributed by atoms with E-state index in [1.54, 1.807) is 11.3 Å². The first-order valence-electron chi connectivity index (χ1n) is 14.3. The van der Waals surface area contributed by atoms with Gasteiger partial charge in [-0.15, -0.1) is 11.3 Å². The fourth-order valence-electron chi connectivity index (χ4n) is 7.99. The van der Waals surface area contributed by atoms with Crippen molar-refractivity contribution in [1.82, 2.24) is 20.2 Å². The molecule has 1 spiro atoms. The number of thiophene rings is 1. The van der Waals surface area contributed by atoms with Gasteiger partial charge >= 0.3 is 0 Å². The van der Waals surface area contributed by atoms with Gasteiger partial charge in [0.05, 0.1) is 11.1 Å². The van der Waals surface area contributed by atoms with E-state index in [1.165, 1.54) is 4.88 Å². The van der Waals surface area contributed by atoms with E-state index in [4.69, 9.17) is 15.7 Å². The molecule has 2 aromatic heterocycles. The smallest absolute Gasteiger partial charge is 0.229 e. The summed E-state index contributed by atoms with van der Waals surface area (Å²) in [6, 6.07) is 4.89. The lowest BCUT2D eigenvalue weighted by molar-refractivity contribution is 0.132. The summed E-state index contributed by atoms with van der Waals surface area (Å²) in [5.74, 6) is 2.19. The second kappa shape index (κ2) is 8.22. The molecular formula is C29H38N10S. The Bertz CT molecular complexity index is 1470. The van der Waals surface area contributed by atoms with Crippen molar-refractivity contribution in [3.8, 4) is 12.1 Å². The zero-order chi connectivity index (χ0) is 28.2. The van der Waals surface area contributed by atoms with Crippen LogP contribution >= 0.6 is 11.3 Å². The largest absolute Gasteiger partial charge is 0.389 e. The zero-order valence-electron chi connectivity index (χ0n) is 24.1. The topological polar surface area (TPSA) is 124 Å². The minimum Gasteiger partial charge on any atom is -0.389 e. The van der Waals surface area contributed by atoms with Crippen LogP contribution in [0.5, 0.6) is 0 Å². The predicted octanol–water partition coefficient (Wildman–Crippen LogP) is 2.43. The number of aromatic nitrogens is 2. The fraction of sp³-hybridized carbons (Fsp3) is 0.655. The normalized spacial score (nSPS) is 29.2. The van der Waals surface area contributed by atoms with Gasteiger partial charge in [0.25, 0.3) is 0 Å². The molecule has 5 aliphatic rings. The van der Waals surface area contributed by atoms with Crippen molar-refractivity contribution in [2.75, 3.05) is 73.8 Å². The maximum Gasteiger partial charge on any atom is 0.229 e. The summed E-state index contributed by atoms with van der Waals surface area (Å²) in [6.45, 7) is 11.6. The first-order chi connectivity index (χ1) is 18.9.